The van der Waals surface area contributed by atoms with E-state index in [0.29, 0.717) is 17.5 Å². The third-order valence-corrected chi connectivity index (χ3v) is 3.02. The molecule has 0 atom stereocenters. The molecule has 0 bridgehead atoms. The molecule has 6 heteroatoms. The van der Waals surface area contributed by atoms with E-state index < -0.39 is 5.97 Å². The number of rotatable bonds is 5. The zero-order chi connectivity index (χ0) is 13.0. The summed E-state index contributed by atoms with van der Waals surface area (Å²) in [6, 6.07) is 8.05. The fourth-order valence-corrected chi connectivity index (χ4v) is 2.00. The Hall–Kier alpha value is -1.82. The van der Waals surface area contributed by atoms with Crippen LogP contribution in [0.1, 0.15) is 17.0 Å². The minimum absolute atomic E-state index is 0.0773. The lowest BCUT2D eigenvalue weighted by atomic mass is 10.1. The van der Waals surface area contributed by atoms with Gasteiger partial charge in [-0.2, -0.15) is 4.98 Å². The van der Waals surface area contributed by atoms with Crippen LogP contribution >= 0.6 is 11.8 Å². The van der Waals surface area contributed by atoms with Crippen LogP contribution in [0.4, 0.5) is 0 Å². The molecule has 18 heavy (non-hydrogen) atoms. The maximum absolute atomic E-state index is 10.4. The molecule has 0 unspecified atom stereocenters. The van der Waals surface area contributed by atoms with Crippen LogP contribution in [-0.4, -0.2) is 27.0 Å². The van der Waals surface area contributed by atoms with Crippen molar-refractivity contribution in [3.8, 4) is 0 Å². The fraction of sp³-hybridized carbons (Fsp3) is 0.250. The molecule has 1 heterocycles. The molecule has 5 nitrogen and oxygen atoms in total. The second-order valence-electron chi connectivity index (χ2n) is 3.82. The number of carboxylic acids is 1. The minimum atomic E-state index is -0.904. The number of hydrogen-bond donors (Lipinski definition) is 1. The maximum atomic E-state index is 10.4. The van der Waals surface area contributed by atoms with E-state index in [9.17, 15) is 4.79 Å². The predicted octanol–water partition coefficient (Wildman–Crippen LogP) is 2.15. The summed E-state index contributed by atoms with van der Waals surface area (Å²) in [4.78, 5) is 14.5. The molecular formula is C12H12N2O3S. The summed E-state index contributed by atoms with van der Waals surface area (Å²) < 4.78 is 4.96. The molecule has 1 aromatic carbocycles. The number of carbonyl (C=O) groups is 1. The molecule has 0 saturated heterocycles. The van der Waals surface area contributed by atoms with Crippen molar-refractivity contribution >= 4 is 17.7 Å². The molecule has 0 amide bonds. The van der Waals surface area contributed by atoms with Gasteiger partial charge in [0, 0.05) is 6.42 Å². The number of carboxylic acid groups (broad SMARTS) is 1. The van der Waals surface area contributed by atoms with Crippen LogP contribution < -0.4 is 0 Å². The Bertz CT molecular complexity index is 554. The van der Waals surface area contributed by atoms with Crippen molar-refractivity contribution in [3.05, 3.63) is 41.2 Å². The molecule has 1 aromatic heterocycles. The van der Waals surface area contributed by atoms with Gasteiger partial charge in [0.05, 0.1) is 0 Å². The van der Waals surface area contributed by atoms with E-state index in [1.807, 2.05) is 25.1 Å². The van der Waals surface area contributed by atoms with Crippen LogP contribution in [0, 0.1) is 6.92 Å². The highest BCUT2D eigenvalue weighted by Crippen LogP contribution is 2.16. The average Bonchev–Trinajstić information content (AvgIpc) is 2.74. The van der Waals surface area contributed by atoms with Crippen LogP contribution in [0.3, 0.4) is 0 Å². The van der Waals surface area contributed by atoms with Crippen LogP contribution in [-0.2, 0) is 11.2 Å². The van der Waals surface area contributed by atoms with Gasteiger partial charge in [0.1, 0.15) is 5.75 Å². The third kappa shape index (κ3) is 3.59. The molecule has 94 valence electrons. The molecule has 0 aliphatic carbocycles. The van der Waals surface area contributed by atoms with E-state index in [1.54, 1.807) is 0 Å². The monoisotopic (exact) mass is 264 g/mol. The number of hydrogen-bond acceptors (Lipinski definition) is 5. The first-order valence-electron chi connectivity index (χ1n) is 5.36. The van der Waals surface area contributed by atoms with Crippen LogP contribution in [0.2, 0.25) is 0 Å². The van der Waals surface area contributed by atoms with E-state index in [1.165, 1.54) is 5.56 Å². The van der Waals surface area contributed by atoms with Gasteiger partial charge >= 0.3 is 5.97 Å². The van der Waals surface area contributed by atoms with Gasteiger partial charge in [-0.3, -0.25) is 4.79 Å². The largest absolute Gasteiger partial charge is 0.481 e. The second kappa shape index (κ2) is 5.68. The molecule has 0 fully saturated rings. The summed E-state index contributed by atoms with van der Waals surface area (Å²) in [6.45, 7) is 2.02. The van der Waals surface area contributed by atoms with Crippen molar-refractivity contribution in [1.29, 1.82) is 0 Å². The summed E-state index contributed by atoms with van der Waals surface area (Å²) in [7, 11) is 0. The van der Waals surface area contributed by atoms with Crippen molar-refractivity contribution in [2.75, 3.05) is 5.75 Å². The van der Waals surface area contributed by atoms with E-state index in [0.717, 1.165) is 17.3 Å². The number of aromatic nitrogens is 2. The number of aryl methyl sites for hydroxylation is 1. The molecular weight excluding hydrogens is 252 g/mol. The maximum Gasteiger partial charge on any atom is 0.314 e. The summed E-state index contributed by atoms with van der Waals surface area (Å²) in [6.07, 6.45) is 0.582. The van der Waals surface area contributed by atoms with Gasteiger partial charge in [0.2, 0.25) is 0 Å². The van der Waals surface area contributed by atoms with E-state index in [4.69, 9.17) is 9.63 Å². The van der Waals surface area contributed by atoms with E-state index >= 15 is 0 Å². The molecule has 2 aromatic rings. The molecule has 0 saturated carbocycles. The van der Waals surface area contributed by atoms with Crippen molar-refractivity contribution < 1.29 is 14.4 Å². The number of benzene rings is 1. The minimum Gasteiger partial charge on any atom is -0.481 e. The normalized spacial score (nSPS) is 10.5. The third-order valence-electron chi connectivity index (χ3n) is 2.21. The average molecular weight is 264 g/mol. The number of nitrogens with zero attached hydrogens (tertiary/aromatic N) is 2. The lowest BCUT2D eigenvalue weighted by Crippen LogP contribution is -1.97. The van der Waals surface area contributed by atoms with Crippen LogP contribution in [0.25, 0.3) is 0 Å². The van der Waals surface area contributed by atoms with Crippen molar-refractivity contribution in [3.63, 3.8) is 0 Å². The molecule has 0 spiro atoms. The summed E-state index contributed by atoms with van der Waals surface area (Å²) in [5.74, 6) is -0.418. The van der Waals surface area contributed by atoms with Gasteiger partial charge in [-0.25, -0.2) is 0 Å². The fourth-order valence-electron chi connectivity index (χ4n) is 1.50. The van der Waals surface area contributed by atoms with E-state index in [-0.39, 0.29) is 5.75 Å². The van der Waals surface area contributed by atoms with Gasteiger partial charge in [-0.15, -0.1) is 0 Å². The molecule has 1 N–H and O–H groups in total. The van der Waals surface area contributed by atoms with Crippen molar-refractivity contribution in [2.45, 2.75) is 18.6 Å². The van der Waals surface area contributed by atoms with Gasteiger partial charge in [0.15, 0.2) is 5.82 Å². The van der Waals surface area contributed by atoms with Gasteiger partial charge in [0.25, 0.3) is 5.22 Å². The second-order valence-corrected chi connectivity index (χ2v) is 4.75. The zero-order valence-electron chi connectivity index (χ0n) is 9.79. The first-order chi connectivity index (χ1) is 8.63. The summed E-state index contributed by atoms with van der Waals surface area (Å²) in [5, 5.41) is 12.6. The number of aliphatic carboxylic acids is 1. The zero-order valence-corrected chi connectivity index (χ0v) is 10.6. The first-order valence-corrected chi connectivity index (χ1v) is 6.35. The molecule has 2 rings (SSSR count). The van der Waals surface area contributed by atoms with Crippen LogP contribution in [0.5, 0.6) is 0 Å². The summed E-state index contributed by atoms with van der Waals surface area (Å²) >= 11 is 1.02. The first kappa shape index (κ1) is 12.6. The Morgan fingerprint density at radius 3 is 3.06 bits per heavy atom. The Morgan fingerprint density at radius 2 is 2.33 bits per heavy atom. The molecule has 0 radical (unpaired) electrons. The SMILES string of the molecule is Cc1cccc(Cc2noc(SCC(=O)O)n2)c1. The Balaban J connectivity index is 2.00. The highest BCUT2D eigenvalue weighted by Gasteiger charge is 2.09. The predicted molar refractivity (Wildman–Crippen MR) is 66.6 cm³/mol. The Labute approximate surface area is 108 Å². The standard InChI is InChI=1S/C12H12N2O3S/c1-8-3-2-4-9(5-8)6-10-13-12(17-14-10)18-7-11(15)16/h2-5H,6-7H2,1H3,(H,15,16). The summed E-state index contributed by atoms with van der Waals surface area (Å²) in [5.41, 5.74) is 2.28. The molecule has 0 aliphatic heterocycles. The quantitative estimate of drug-likeness (QED) is 0.834. The van der Waals surface area contributed by atoms with Gasteiger partial charge in [-0.1, -0.05) is 46.7 Å². The molecule has 0 aliphatic rings. The Kier molecular flexibility index (Phi) is 3.99. The van der Waals surface area contributed by atoms with Crippen molar-refractivity contribution in [2.24, 2.45) is 0 Å². The highest BCUT2D eigenvalue weighted by molar-refractivity contribution is 7.99. The topological polar surface area (TPSA) is 76.2 Å². The van der Waals surface area contributed by atoms with Crippen molar-refractivity contribution in [1.82, 2.24) is 10.1 Å². The lowest BCUT2D eigenvalue weighted by Gasteiger charge is -1.97. The van der Waals surface area contributed by atoms with E-state index in [2.05, 4.69) is 16.2 Å². The highest BCUT2D eigenvalue weighted by atomic mass is 32.2. The Morgan fingerprint density at radius 1 is 1.50 bits per heavy atom. The van der Waals surface area contributed by atoms with Crippen LogP contribution in [0.15, 0.2) is 34.0 Å². The lowest BCUT2D eigenvalue weighted by molar-refractivity contribution is -0.133. The van der Waals surface area contributed by atoms with Gasteiger partial charge in [-0.05, 0) is 12.5 Å². The van der Waals surface area contributed by atoms with Gasteiger partial charge < -0.3 is 9.63 Å². The number of thioether (sulfide) groups is 1. The smallest absolute Gasteiger partial charge is 0.314 e.